The molecule has 1 heterocycles. The molecule has 1 aliphatic heterocycles. The normalized spacial score (nSPS) is 14.8. The van der Waals surface area contributed by atoms with Gasteiger partial charge in [-0.05, 0) is 25.1 Å². The molecule has 1 atom stereocenters. The number of urea groups is 1. The van der Waals surface area contributed by atoms with Crippen molar-refractivity contribution in [3.05, 3.63) is 60.2 Å². The van der Waals surface area contributed by atoms with Gasteiger partial charge in [0.05, 0.1) is 0 Å². The van der Waals surface area contributed by atoms with E-state index in [1.807, 2.05) is 54.6 Å². The van der Waals surface area contributed by atoms with Crippen LogP contribution in [0.5, 0.6) is 5.75 Å². The minimum Gasteiger partial charge on any atom is -0.489 e. The van der Waals surface area contributed by atoms with Gasteiger partial charge in [-0.1, -0.05) is 36.4 Å². The maximum Gasteiger partial charge on any atom is 0.324 e. The molecule has 3 rings (SSSR count). The largest absolute Gasteiger partial charge is 0.489 e. The van der Waals surface area contributed by atoms with Crippen LogP contribution >= 0.6 is 0 Å². The van der Waals surface area contributed by atoms with E-state index in [1.54, 1.807) is 6.92 Å². The quantitative estimate of drug-likeness (QED) is 0.849. The lowest BCUT2D eigenvalue weighted by Crippen LogP contribution is -2.43. The minimum atomic E-state index is -0.512. The third-order valence-corrected chi connectivity index (χ3v) is 4.02. The number of para-hydroxylation sites is 2. The number of amides is 3. The van der Waals surface area contributed by atoms with Crippen LogP contribution in [-0.4, -0.2) is 36.0 Å². The number of carbonyl (C=O) groups excluding carboxylic acids is 2. The lowest BCUT2D eigenvalue weighted by molar-refractivity contribution is -0.128. The number of hydrogen-bond acceptors (Lipinski definition) is 4. The number of imide groups is 1. The van der Waals surface area contributed by atoms with Crippen LogP contribution in [0.1, 0.15) is 12.5 Å². The zero-order valence-corrected chi connectivity index (χ0v) is 14.1. The first kappa shape index (κ1) is 16.8. The van der Waals surface area contributed by atoms with Crippen molar-refractivity contribution in [2.45, 2.75) is 19.6 Å². The van der Waals surface area contributed by atoms with Crippen molar-refractivity contribution >= 4 is 17.6 Å². The summed E-state index contributed by atoms with van der Waals surface area (Å²) in [5.41, 5.74) is 1.76. The van der Waals surface area contributed by atoms with Crippen LogP contribution in [0.15, 0.2) is 54.6 Å². The van der Waals surface area contributed by atoms with E-state index in [-0.39, 0.29) is 11.9 Å². The number of nitrogens with one attached hydrogen (secondary N) is 2. The summed E-state index contributed by atoms with van der Waals surface area (Å²) in [6, 6.07) is 16.4. The van der Waals surface area contributed by atoms with E-state index in [4.69, 9.17) is 4.74 Å². The van der Waals surface area contributed by atoms with Gasteiger partial charge in [0.2, 0.25) is 0 Å². The zero-order valence-electron chi connectivity index (χ0n) is 14.1. The Morgan fingerprint density at radius 3 is 2.64 bits per heavy atom. The molecular formula is C19H21N3O3. The zero-order chi connectivity index (χ0) is 17.6. The number of carbonyl (C=O) groups is 2. The van der Waals surface area contributed by atoms with Gasteiger partial charge in [-0.15, -0.1) is 0 Å². The molecule has 0 saturated carbocycles. The van der Waals surface area contributed by atoms with Gasteiger partial charge in [-0.25, -0.2) is 4.79 Å². The Labute approximate surface area is 146 Å². The van der Waals surface area contributed by atoms with E-state index in [0.29, 0.717) is 19.7 Å². The average molecular weight is 339 g/mol. The van der Waals surface area contributed by atoms with Crippen LogP contribution in [0, 0.1) is 0 Å². The van der Waals surface area contributed by atoms with Gasteiger partial charge in [0.25, 0.3) is 5.91 Å². The van der Waals surface area contributed by atoms with E-state index >= 15 is 0 Å². The summed E-state index contributed by atoms with van der Waals surface area (Å²) in [6.07, 6.45) is 0. The third-order valence-electron chi connectivity index (χ3n) is 4.02. The van der Waals surface area contributed by atoms with E-state index in [0.717, 1.165) is 17.0 Å². The van der Waals surface area contributed by atoms with Gasteiger partial charge in [0.15, 0.2) is 0 Å². The molecule has 2 N–H and O–H groups in total. The average Bonchev–Trinajstić information content (AvgIpc) is 3.07. The topological polar surface area (TPSA) is 70.7 Å². The predicted molar refractivity (Wildman–Crippen MR) is 95.4 cm³/mol. The first-order chi connectivity index (χ1) is 12.1. The van der Waals surface area contributed by atoms with E-state index in [1.165, 1.54) is 4.90 Å². The SMILES string of the molecule is C[C@H](Nc1ccccc1COc1ccccc1)C(=O)N1CCNC1=O. The lowest BCUT2D eigenvalue weighted by Gasteiger charge is -2.21. The monoisotopic (exact) mass is 339 g/mol. The van der Waals surface area contributed by atoms with Crippen molar-refractivity contribution in [3.8, 4) is 5.75 Å². The predicted octanol–water partition coefficient (Wildman–Crippen LogP) is 2.62. The molecule has 1 aliphatic rings. The second kappa shape index (κ2) is 7.70. The van der Waals surface area contributed by atoms with Crippen molar-refractivity contribution in [1.29, 1.82) is 0 Å². The summed E-state index contributed by atoms with van der Waals surface area (Å²) in [5, 5.41) is 5.83. The fourth-order valence-electron chi connectivity index (χ4n) is 2.68. The van der Waals surface area contributed by atoms with Gasteiger partial charge in [0.1, 0.15) is 18.4 Å². The Hall–Kier alpha value is -3.02. The van der Waals surface area contributed by atoms with Crippen LogP contribution in [0.2, 0.25) is 0 Å². The highest BCUT2D eigenvalue weighted by atomic mass is 16.5. The molecule has 6 heteroatoms. The Morgan fingerprint density at radius 2 is 1.92 bits per heavy atom. The summed E-state index contributed by atoms with van der Waals surface area (Å²) in [4.78, 5) is 25.3. The number of benzene rings is 2. The highest BCUT2D eigenvalue weighted by Crippen LogP contribution is 2.20. The number of anilines is 1. The van der Waals surface area contributed by atoms with Crippen LogP contribution in [-0.2, 0) is 11.4 Å². The van der Waals surface area contributed by atoms with Gasteiger partial charge in [-0.3, -0.25) is 9.69 Å². The van der Waals surface area contributed by atoms with E-state index in [2.05, 4.69) is 10.6 Å². The van der Waals surface area contributed by atoms with Crippen LogP contribution in [0.25, 0.3) is 0 Å². The fourth-order valence-corrected chi connectivity index (χ4v) is 2.68. The molecule has 0 spiro atoms. The molecule has 0 aliphatic carbocycles. The molecule has 0 radical (unpaired) electrons. The summed E-state index contributed by atoms with van der Waals surface area (Å²) in [6.45, 7) is 3.04. The number of hydrogen-bond donors (Lipinski definition) is 2. The Bertz CT molecular complexity index is 749. The molecule has 6 nitrogen and oxygen atoms in total. The molecule has 0 aromatic heterocycles. The molecular weight excluding hydrogens is 318 g/mol. The van der Waals surface area contributed by atoms with E-state index < -0.39 is 6.04 Å². The molecule has 130 valence electrons. The van der Waals surface area contributed by atoms with Crippen LogP contribution in [0.3, 0.4) is 0 Å². The van der Waals surface area contributed by atoms with Gasteiger partial charge in [0, 0.05) is 24.3 Å². The van der Waals surface area contributed by atoms with Crippen molar-refractivity contribution in [2.24, 2.45) is 0 Å². The number of ether oxygens (including phenoxy) is 1. The number of nitrogens with zero attached hydrogens (tertiary/aromatic N) is 1. The van der Waals surface area contributed by atoms with Crippen molar-refractivity contribution in [2.75, 3.05) is 18.4 Å². The molecule has 0 bridgehead atoms. The maximum absolute atomic E-state index is 12.4. The molecule has 2 aromatic carbocycles. The third kappa shape index (κ3) is 4.09. The molecule has 1 saturated heterocycles. The summed E-state index contributed by atoms with van der Waals surface area (Å²) in [5.74, 6) is 0.545. The highest BCUT2D eigenvalue weighted by Gasteiger charge is 2.29. The second-order valence-corrected chi connectivity index (χ2v) is 5.85. The van der Waals surface area contributed by atoms with Gasteiger partial charge >= 0.3 is 6.03 Å². The van der Waals surface area contributed by atoms with Crippen molar-refractivity contribution in [1.82, 2.24) is 10.2 Å². The lowest BCUT2D eigenvalue weighted by atomic mass is 10.1. The first-order valence-corrected chi connectivity index (χ1v) is 8.26. The van der Waals surface area contributed by atoms with Gasteiger partial charge in [-0.2, -0.15) is 0 Å². The van der Waals surface area contributed by atoms with Crippen molar-refractivity contribution in [3.63, 3.8) is 0 Å². The molecule has 1 fully saturated rings. The minimum absolute atomic E-state index is 0.242. The summed E-state index contributed by atoms with van der Waals surface area (Å²) >= 11 is 0. The molecule has 3 amide bonds. The molecule has 0 unspecified atom stereocenters. The summed E-state index contributed by atoms with van der Waals surface area (Å²) < 4.78 is 5.79. The second-order valence-electron chi connectivity index (χ2n) is 5.85. The fraction of sp³-hybridized carbons (Fsp3) is 0.263. The standard InChI is InChI=1S/C19H21N3O3/c1-14(18(23)22-12-11-20-19(22)24)21-17-10-6-5-7-15(17)13-25-16-8-3-2-4-9-16/h2-10,14,21H,11-13H2,1H3,(H,20,24)/t14-/m0/s1. The molecule has 25 heavy (non-hydrogen) atoms. The van der Waals surface area contributed by atoms with Crippen molar-refractivity contribution < 1.29 is 14.3 Å². The van der Waals surface area contributed by atoms with Crippen LogP contribution in [0.4, 0.5) is 10.5 Å². The number of rotatable bonds is 6. The summed E-state index contributed by atoms with van der Waals surface area (Å²) in [7, 11) is 0. The van der Waals surface area contributed by atoms with Gasteiger partial charge < -0.3 is 15.4 Å². The maximum atomic E-state index is 12.4. The Balaban J connectivity index is 1.66. The molecule has 2 aromatic rings. The van der Waals surface area contributed by atoms with E-state index in [9.17, 15) is 9.59 Å². The first-order valence-electron chi connectivity index (χ1n) is 8.26. The Kier molecular flexibility index (Phi) is 5.18. The van der Waals surface area contributed by atoms with Crippen LogP contribution < -0.4 is 15.4 Å². The smallest absolute Gasteiger partial charge is 0.324 e. The highest BCUT2D eigenvalue weighted by molar-refractivity contribution is 5.99. The Morgan fingerprint density at radius 1 is 1.20 bits per heavy atom.